The van der Waals surface area contributed by atoms with Gasteiger partial charge >= 0.3 is 0 Å². The minimum Gasteiger partial charge on any atom is -0.488 e. The second-order valence-electron chi connectivity index (χ2n) is 7.99. The van der Waals surface area contributed by atoms with Crippen LogP contribution >= 0.6 is 15.9 Å². The number of nitrogens with zero attached hydrogens (tertiary/aromatic N) is 2. The van der Waals surface area contributed by atoms with E-state index in [1.165, 1.54) is 23.9 Å². The number of anilines is 1. The molecule has 4 rings (SSSR count). The molecule has 3 heterocycles. The Morgan fingerprint density at radius 3 is 2.73 bits per heavy atom. The van der Waals surface area contributed by atoms with E-state index in [2.05, 4.69) is 31.0 Å². The molecule has 1 aromatic carbocycles. The summed E-state index contributed by atoms with van der Waals surface area (Å²) in [5.41, 5.74) is -0.298. The fraction of sp³-hybridized carbons (Fsp3) is 0.238. The Bertz CT molecular complexity index is 1350. The number of aryl methyl sites for hydroxylation is 1. The van der Waals surface area contributed by atoms with E-state index in [4.69, 9.17) is 4.74 Å². The van der Waals surface area contributed by atoms with E-state index in [1.807, 2.05) is 6.07 Å². The Labute approximate surface area is 197 Å². The van der Waals surface area contributed by atoms with Crippen molar-refractivity contribution < 1.29 is 26.7 Å². The molecule has 174 valence electrons. The third-order valence-electron chi connectivity index (χ3n) is 5.08. The monoisotopic (exact) mass is 540 g/mol. The molecule has 1 atom stereocenters. The Morgan fingerprint density at radius 1 is 1.30 bits per heavy atom. The summed E-state index contributed by atoms with van der Waals surface area (Å²) < 4.78 is 63.4. The summed E-state index contributed by atoms with van der Waals surface area (Å²) in [6, 6.07) is 6.47. The highest BCUT2D eigenvalue weighted by atomic mass is 79.9. The van der Waals surface area contributed by atoms with Crippen molar-refractivity contribution in [3.63, 3.8) is 0 Å². The maximum atomic E-state index is 13.5. The Hall–Kier alpha value is -2.83. The number of hydrogen-bond acceptors (Lipinski definition) is 5. The number of rotatable bonds is 4. The minimum atomic E-state index is -4.05. The first-order valence-corrected chi connectivity index (χ1v) is 12.0. The van der Waals surface area contributed by atoms with Crippen LogP contribution in [0.2, 0.25) is 0 Å². The van der Waals surface area contributed by atoms with Crippen LogP contribution in [0, 0.1) is 11.6 Å². The molecule has 8 nitrogen and oxygen atoms in total. The highest BCUT2D eigenvalue weighted by molar-refractivity contribution is 9.10. The van der Waals surface area contributed by atoms with Crippen LogP contribution in [0.1, 0.15) is 23.0 Å². The molecular weight excluding hydrogens is 522 g/mol. The van der Waals surface area contributed by atoms with Crippen molar-refractivity contribution in [1.82, 2.24) is 14.3 Å². The van der Waals surface area contributed by atoms with Gasteiger partial charge in [0.05, 0.1) is 5.54 Å². The molecule has 0 saturated heterocycles. The van der Waals surface area contributed by atoms with Gasteiger partial charge in [-0.3, -0.25) is 4.79 Å². The van der Waals surface area contributed by atoms with Gasteiger partial charge in [-0.1, -0.05) is 6.07 Å². The number of carbonyl (C=O) groups is 1. The zero-order valence-electron chi connectivity index (χ0n) is 17.5. The fourth-order valence-corrected chi connectivity index (χ4v) is 5.44. The normalized spacial score (nSPS) is 19.3. The van der Waals surface area contributed by atoms with Gasteiger partial charge in [-0.15, -0.1) is 0 Å². The largest absolute Gasteiger partial charge is 0.488 e. The highest BCUT2D eigenvalue weighted by Crippen LogP contribution is 2.35. The molecular formula is C21H19BrF2N4O4S. The molecule has 1 aliphatic heterocycles. The van der Waals surface area contributed by atoms with E-state index in [0.717, 1.165) is 17.7 Å². The van der Waals surface area contributed by atoms with Gasteiger partial charge in [-0.05, 0) is 53.0 Å². The number of sulfonamides is 1. The molecule has 33 heavy (non-hydrogen) atoms. The van der Waals surface area contributed by atoms with Gasteiger partial charge in [0, 0.05) is 31.2 Å². The number of nitrogens with one attached hydrogen (secondary N) is 2. The van der Waals surface area contributed by atoms with Crippen molar-refractivity contribution in [2.75, 3.05) is 11.9 Å². The van der Waals surface area contributed by atoms with Gasteiger partial charge in [-0.25, -0.2) is 26.9 Å². The van der Waals surface area contributed by atoms with E-state index in [0.29, 0.717) is 11.0 Å². The second kappa shape index (κ2) is 8.50. The predicted molar refractivity (Wildman–Crippen MR) is 120 cm³/mol. The topological polar surface area (TPSA) is 102 Å². The molecule has 3 aromatic rings. The van der Waals surface area contributed by atoms with Crippen molar-refractivity contribution in [2.24, 2.45) is 7.05 Å². The van der Waals surface area contributed by atoms with Gasteiger partial charge in [0.25, 0.3) is 5.91 Å². The summed E-state index contributed by atoms with van der Waals surface area (Å²) in [4.78, 5) is 16.9. The lowest BCUT2D eigenvalue weighted by atomic mass is 9.96. The van der Waals surface area contributed by atoms with Crippen LogP contribution < -0.4 is 14.8 Å². The molecule has 0 aliphatic carbocycles. The first-order chi connectivity index (χ1) is 15.5. The summed E-state index contributed by atoms with van der Waals surface area (Å²) >= 11 is 3.26. The van der Waals surface area contributed by atoms with Crippen molar-refractivity contribution in [2.45, 2.75) is 23.8 Å². The van der Waals surface area contributed by atoms with E-state index >= 15 is 0 Å². The zero-order chi connectivity index (χ0) is 24.0. The molecule has 1 aliphatic rings. The molecule has 1 unspecified atom stereocenters. The van der Waals surface area contributed by atoms with E-state index in [-0.39, 0.29) is 28.6 Å². The number of halogens is 3. The average Bonchev–Trinajstić information content (AvgIpc) is 3.03. The molecule has 2 aromatic heterocycles. The van der Waals surface area contributed by atoms with Gasteiger partial charge in [0.15, 0.2) is 23.1 Å². The van der Waals surface area contributed by atoms with Gasteiger partial charge in [-0.2, -0.15) is 0 Å². The lowest BCUT2D eigenvalue weighted by Gasteiger charge is -2.27. The quantitative estimate of drug-likeness (QED) is 0.494. The van der Waals surface area contributed by atoms with Crippen molar-refractivity contribution in [1.29, 1.82) is 0 Å². The first-order valence-electron chi connectivity index (χ1n) is 9.70. The molecule has 0 fully saturated rings. The number of hydrogen-bond donors (Lipinski definition) is 2. The molecule has 0 saturated carbocycles. The average molecular weight is 541 g/mol. The SMILES string of the molecule is Cn1cc2c(c1C(=O)Nc1ccc(F)c(F)c1)OCC(C)(Cc1ccc(Br)nc1)NS2(=O)=O. The number of amides is 1. The molecule has 0 bridgehead atoms. The Morgan fingerprint density at radius 2 is 2.06 bits per heavy atom. The van der Waals surface area contributed by atoms with Gasteiger partial charge in [0.2, 0.25) is 10.0 Å². The van der Waals surface area contributed by atoms with E-state index in [9.17, 15) is 22.0 Å². The first kappa shape index (κ1) is 23.3. The van der Waals surface area contributed by atoms with E-state index < -0.39 is 33.1 Å². The fourth-order valence-electron chi connectivity index (χ4n) is 3.62. The molecule has 0 radical (unpaired) electrons. The van der Waals surface area contributed by atoms with Crippen LogP contribution in [0.15, 0.2) is 52.2 Å². The van der Waals surface area contributed by atoms with Crippen LogP contribution in [0.25, 0.3) is 0 Å². The molecule has 12 heteroatoms. The predicted octanol–water partition coefficient (Wildman–Crippen LogP) is 3.39. The minimum absolute atomic E-state index is 0.0102. The Kier molecular flexibility index (Phi) is 6.01. The number of carbonyl (C=O) groups excluding carboxylic acids is 1. The second-order valence-corrected chi connectivity index (χ2v) is 10.4. The number of aromatic nitrogens is 2. The Balaban J connectivity index is 1.64. The number of ether oxygens (including phenoxy) is 1. The summed E-state index contributed by atoms with van der Waals surface area (Å²) in [5, 5.41) is 2.44. The van der Waals surface area contributed by atoms with Gasteiger partial charge < -0.3 is 14.6 Å². The standard InChI is InChI=1S/C21H19BrF2N4O4S/c1-21(8-12-3-6-17(22)25-9-12)11-32-19-16(33(30,31)27-21)10-28(2)18(19)20(29)26-13-4-5-14(23)15(24)7-13/h3-7,9-10,27H,8,11H2,1-2H3,(H,26,29). The van der Waals surface area contributed by atoms with Crippen LogP contribution in [-0.4, -0.2) is 36.0 Å². The summed E-state index contributed by atoms with van der Waals surface area (Å²) in [5.74, 6) is -3.04. The number of pyridine rings is 1. The zero-order valence-corrected chi connectivity index (χ0v) is 19.9. The van der Waals surface area contributed by atoms with Crippen molar-refractivity contribution in [3.8, 4) is 5.75 Å². The third-order valence-corrected chi connectivity index (χ3v) is 7.18. The molecule has 1 amide bonds. The van der Waals surface area contributed by atoms with Crippen LogP contribution in [-0.2, 0) is 23.5 Å². The van der Waals surface area contributed by atoms with Crippen LogP contribution in [0.5, 0.6) is 5.75 Å². The molecule has 2 N–H and O–H groups in total. The van der Waals surface area contributed by atoms with Crippen molar-refractivity contribution >= 4 is 37.5 Å². The smallest absolute Gasteiger partial charge is 0.276 e. The maximum Gasteiger partial charge on any atom is 0.276 e. The number of fused-ring (bicyclic) bond motifs is 1. The molecule has 0 spiro atoms. The van der Waals surface area contributed by atoms with Crippen LogP contribution in [0.3, 0.4) is 0 Å². The van der Waals surface area contributed by atoms with Gasteiger partial charge in [0.1, 0.15) is 16.1 Å². The third kappa shape index (κ3) is 4.77. The lowest BCUT2D eigenvalue weighted by molar-refractivity contribution is 0.101. The number of benzene rings is 1. The van der Waals surface area contributed by atoms with E-state index in [1.54, 1.807) is 19.2 Å². The maximum absolute atomic E-state index is 13.5. The summed E-state index contributed by atoms with van der Waals surface area (Å²) in [6.45, 7) is 1.63. The highest BCUT2D eigenvalue weighted by Gasteiger charge is 2.40. The lowest BCUT2D eigenvalue weighted by Crippen LogP contribution is -2.50. The van der Waals surface area contributed by atoms with Crippen LogP contribution in [0.4, 0.5) is 14.5 Å². The summed E-state index contributed by atoms with van der Waals surface area (Å²) in [6.07, 6.45) is 3.19. The van der Waals surface area contributed by atoms with Crippen molar-refractivity contribution in [3.05, 3.63) is 70.2 Å². The summed E-state index contributed by atoms with van der Waals surface area (Å²) in [7, 11) is -2.56.